The van der Waals surface area contributed by atoms with E-state index in [2.05, 4.69) is 10.3 Å². The summed E-state index contributed by atoms with van der Waals surface area (Å²) in [5.41, 5.74) is 4.93. The third-order valence-corrected chi connectivity index (χ3v) is 2.79. The number of rotatable bonds is 4. The van der Waals surface area contributed by atoms with Crippen molar-refractivity contribution in [3.8, 4) is 0 Å². The molecule has 0 atom stereocenters. The van der Waals surface area contributed by atoms with E-state index in [1.807, 2.05) is 0 Å². The molecule has 1 heterocycles. The van der Waals surface area contributed by atoms with Crippen LogP contribution in [0.1, 0.15) is 36.6 Å². The minimum absolute atomic E-state index is 0.0192. The topological polar surface area (TPSA) is 76.4 Å². The van der Waals surface area contributed by atoms with Crippen molar-refractivity contribution in [1.82, 2.24) is 9.78 Å². The number of amidine groups is 1. The molecule has 5 nitrogen and oxygen atoms in total. The number of alkyl halides is 3. The van der Waals surface area contributed by atoms with Crippen molar-refractivity contribution in [2.75, 3.05) is 0 Å². The van der Waals surface area contributed by atoms with E-state index in [1.165, 1.54) is 0 Å². The van der Waals surface area contributed by atoms with Gasteiger partial charge in [-0.05, 0) is 18.9 Å². The van der Waals surface area contributed by atoms with Gasteiger partial charge in [0.25, 0.3) is 0 Å². The molecular formula is C10H13F3N4O. The van der Waals surface area contributed by atoms with Crippen LogP contribution in [0.5, 0.6) is 0 Å². The predicted molar refractivity (Wildman–Crippen MR) is 57.2 cm³/mol. The molecule has 0 unspecified atom stereocenters. The molecule has 8 heteroatoms. The molecule has 0 radical (unpaired) electrons. The normalized spacial score (nSPS) is 17.2. The molecule has 1 aliphatic carbocycles. The summed E-state index contributed by atoms with van der Waals surface area (Å²) in [4.78, 5) is 0. The van der Waals surface area contributed by atoms with Gasteiger partial charge in [-0.15, -0.1) is 0 Å². The van der Waals surface area contributed by atoms with E-state index in [-0.39, 0.29) is 24.7 Å². The summed E-state index contributed by atoms with van der Waals surface area (Å²) in [7, 11) is 0. The average molecular weight is 262 g/mol. The van der Waals surface area contributed by atoms with E-state index in [1.54, 1.807) is 0 Å². The fraction of sp³-hybridized carbons (Fsp3) is 0.600. The van der Waals surface area contributed by atoms with Gasteiger partial charge in [0.1, 0.15) is 11.5 Å². The maximum absolute atomic E-state index is 12.8. The molecule has 0 aromatic carbocycles. The van der Waals surface area contributed by atoms with Gasteiger partial charge in [-0.2, -0.15) is 18.3 Å². The minimum atomic E-state index is -4.44. The van der Waals surface area contributed by atoms with E-state index >= 15 is 0 Å². The summed E-state index contributed by atoms with van der Waals surface area (Å²) in [6.45, 7) is -0.0581. The van der Waals surface area contributed by atoms with Crippen LogP contribution in [0.2, 0.25) is 0 Å². The zero-order valence-electron chi connectivity index (χ0n) is 9.48. The summed E-state index contributed by atoms with van der Waals surface area (Å²) in [6.07, 6.45) is -2.65. The van der Waals surface area contributed by atoms with Crippen molar-refractivity contribution >= 4 is 5.84 Å². The first-order valence-electron chi connectivity index (χ1n) is 5.53. The highest BCUT2D eigenvalue weighted by Crippen LogP contribution is 2.41. The summed E-state index contributed by atoms with van der Waals surface area (Å²) in [6, 6.07) is 1.09. The molecule has 1 aliphatic rings. The summed E-state index contributed by atoms with van der Waals surface area (Å²) in [5, 5.41) is 15.0. The number of halogens is 3. The number of hydrogen-bond acceptors (Lipinski definition) is 3. The lowest BCUT2D eigenvalue weighted by Gasteiger charge is -2.09. The Balaban J connectivity index is 2.20. The third kappa shape index (κ3) is 2.74. The van der Waals surface area contributed by atoms with Gasteiger partial charge in [0, 0.05) is 18.9 Å². The van der Waals surface area contributed by atoms with Crippen LogP contribution in [0.25, 0.3) is 0 Å². The second kappa shape index (κ2) is 4.51. The molecule has 0 aliphatic heterocycles. The second-order valence-corrected chi connectivity index (χ2v) is 4.29. The van der Waals surface area contributed by atoms with Crippen LogP contribution >= 0.6 is 0 Å². The first-order chi connectivity index (χ1) is 8.41. The Bertz CT molecular complexity index is 462. The molecule has 0 spiro atoms. The van der Waals surface area contributed by atoms with Crippen LogP contribution in [-0.2, 0) is 12.7 Å². The van der Waals surface area contributed by atoms with E-state index < -0.39 is 11.9 Å². The zero-order chi connectivity index (χ0) is 13.3. The van der Waals surface area contributed by atoms with Gasteiger partial charge in [0.15, 0.2) is 0 Å². The number of nitrogens with two attached hydrogens (primary N) is 1. The Morgan fingerprint density at radius 2 is 2.22 bits per heavy atom. The highest BCUT2D eigenvalue weighted by Gasteiger charge is 2.38. The molecular weight excluding hydrogens is 249 g/mol. The van der Waals surface area contributed by atoms with Crippen LogP contribution in [0.3, 0.4) is 0 Å². The Morgan fingerprint density at radius 3 is 2.72 bits per heavy atom. The van der Waals surface area contributed by atoms with Crippen molar-refractivity contribution in [2.24, 2.45) is 10.9 Å². The van der Waals surface area contributed by atoms with E-state index in [0.29, 0.717) is 5.69 Å². The molecule has 0 bridgehead atoms. The minimum Gasteiger partial charge on any atom is -0.409 e. The first-order valence-corrected chi connectivity index (χ1v) is 5.53. The number of hydrogen-bond donors (Lipinski definition) is 2. The Morgan fingerprint density at radius 1 is 1.56 bits per heavy atom. The van der Waals surface area contributed by atoms with Gasteiger partial charge in [0.2, 0.25) is 0 Å². The van der Waals surface area contributed by atoms with Crippen LogP contribution in [0.4, 0.5) is 13.2 Å². The number of nitrogens with zero attached hydrogens (tertiary/aromatic N) is 3. The molecule has 1 aromatic rings. The zero-order valence-corrected chi connectivity index (χ0v) is 9.48. The number of aryl methyl sites for hydroxylation is 1. The van der Waals surface area contributed by atoms with Gasteiger partial charge in [-0.3, -0.25) is 4.68 Å². The lowest BCUT2D eigenvalue weighted by atomic mass is 10.2. The molecule has 3 N–H and O–H groups in total. The first kappa shape index (κ1) is 12.7. The second-order valence-electron chi connectivity index (χ2n) is 4.29. The van der Waals surface area contributed by atoms with E-state index in [9.17, 15) is 13.2 Å². The Labute approximate surface area is 101 Å². The highest BCUT2D eigenvalue weighted by atomic mass is 19.4. The van der Waals surface area contributed by atoms with Gasteiger partial charge in [0.05, 0.1) is 5.69 Å². The fourth-order valence-corrected chi connectivity index (χ4v) is 1.68. The molecule has 2 rings (SSSR count). The van der Waals surface area contributed by atoms with Gasteiger partial charge in [-0.1, -0.05) is 5.16 Å². The summed E-state index contributed by atoms with van der Waals surface area (Å²) >= 11 is 0. The predicted octanol–water partition coefficient (Wildman–Crippen LogP) is 1.92. The molecule has 1 saturated carbocycles. The molecule has 1 fully saturated rings. The summed E-state index contributed by atoms with van der Waals surface area (Å²) < 4.78 is 39.2. The van der Waals surface area contributed by atoms with Gasteiger partial charge < -0.3 is 10.9 Å². The van der Waals surface area contributed by atoms with Crippen LogP contribution in [0, 0.1) is 0 Å². The van der Waals surface area contributed by atoms with Gasteiger partial charge in [-0.25, -0.2) is 0 Å². The molecule has 0 saturated heterocycles. The van der Waals surface area contributed by atoms with Crippen molar-refractivity contribution in [3.63, 3.8) is 0 Å². The molecule has 18 heavy (non-hydrogen) atoms. The lowest BCUT2D eigenvalue weighted by Crippen LogP contribution is -2.19. The molecule has 100 valence electrons. The highest BCUT2D eigenvalue weighted by molar-refractivity contribution is 5.79. The smallest absolute Gasteiger partial charge is 0.409 e. The van der Waals surface area contributed by atoms with Crippen molar-refractivity contribution in [1.29, 1.82) is 0 Å². The van der Waals surface area contributed by atoms with Crippen molar-refractivity contribution < 1.29 is 18.4 Å². The van der Waals surface area contributed by atoms with Crippen molar-refractivity contribution in [2.45, 2.75) is 37.9 Å². The SMILES string of the molecule is N/C(CCn1nc(C2CC2)cc1C(F)(F)F)=N\O. The van der Waals surface area contributed by atoms with E-state index in [0.717, 1.165) is 23.6 Å². The maximum Gasteiger partial charge on any atom is 0.433 e. The van der Waals surface area contributed by atoms with Crippen LogP contribution < -0.4 is 5.73 Å². The van der Waals surface area contributed by atoms with Gasteiger partial charge >= 0.3 is 6.18 Å². The third-order valence-electron chi connectivity index (χ3n) is 2.79. The summed E-state index contributed by atoms with van der Waals surface area (Å²) in [5.74, 6) is 0.0304. The average Bonchev–Trinajstić information content (AvgIpc) is 3.05. The monoisotopic (exact) mass is 262 g/mol. The standard InChI is InChI=1S/C10H13F3N4O/c11-10(12,13)8-5-7(6-1-2-6)15-17(8)4-3-9(14)16-18/h5-6,18H,1-4H2,(H2,14,16). The number of aromatic nitrogens is 2. The quantitative estimate of drug-likeness (QED) is 0.376. The Hall–Kier alpha value is -1.73. The number of oxime groups is 1. The lowest BCUT2D eigenvalue weighted by molar-refractivity contribution is -0.144. The van der Waals surface area contributed by atoms with Crippen LogP contribution in [-0.4, -0.2) is 20.8 Å². The molecule has 0 amide bonds. The Kier molecular flexibility index (Phi) is 3.18. The van der Waals surface area contributed by atoms with E-state index in [4.69, 9.17) is 10.9 Å². The fourth-order valence-electron chi connectivity index (χ4n) is 1.68. The molecule has 1 aromatic heterocycles. The maximum atomic E-state index is 12.8. The van der Waals surface area contributed by atoms with Crippen LogP contribution in [0.15, 0.2) is 11.2 Å². The largest absolute Gasteiger partial charge is 0.433 e. The van der Waals surface area contributed by atoms with Crippen molar-refractivity contribution in [3.05, 3.63) is 17.5 Å².